The zero-order chi connectivity index (χ0) is 19.2. The number of carbonyl (C=O) groups is 2. The molecule has 2 heterocycles. The Labute approximate surface area is 168 Å². The van der Waals surface area contributed by atoms with Crippen LogP contribution in [0.3, 0.4) is 0 Å². The van der Waals surface area contributed by atoms with E-state index in [0.29, 0.717) is 30.2 Å². The summed E-state index contributed by atoms with van der Waals surface area (Å²) in [5.74, 6) is -0.0338. The Kier molecular flexibility index (Phi) is 7.01. The van der Waals surface area contributed by atoms with E-state index in [4.69, 9.17) is 11.6 Å². The van der Waals surface area contributed by atoms with Crippen molar-refractivity contribution in [2.75, 3.05) is 32.7 Å². The summed E-state index contributed by atoms with van der Waals surface area (Å²) in [6, 6.07) is 10.6. The van der Waals surface area contributed by atoms with Gasteiger partial charge in [0, 0.05) is 61.0 Å². The van der Waals surface area contributed by atoms with Crippen LogP contribution >= 0.6 is 22.9 Å². The second-order valence-corrected chi connectivity index (χ2v) is 8.06. The second-order valence-electron chi connectivity index (χ2n) is 6.64. The highest BCUT2D eigenvalue weighted by Crippen LogP contribution is 2.20. The van der Waals surface area contributed by atoms with Crippen LogP contribution in [0.15, 0.2) is 41.8 Å². The van der Waals surface area contributed by atoms with Gasteiger partial charge in [0.1, 0.15) is 6.10 Å². The number of β-amino-alcohol motifs (C(OH)–C–C–N with tert-alkyl or cyclic N) is 1. The van der Waals surface area contributed by atoms with Crippen LogP contribution in [0.4, 0.5) is 0 Å². The fraction of sp³-hybridized carbons (Fsp3) is 0.400. The first kappa shape index (κ1) is 20.0. The number of rotatable bonds is 7. The van der Waals surface area contributed by atoms with Crippen LogP contribution in [-0.2, 0) is 4.79 Å². The monoisotopic (exact) mass is 406 g/mol. The minimum atomic E-state index is -0.482. The normalized spacial score (nSPS) is 16.3. The zero-order valence-corrected chi connectivity index (χ0v) is 16.6. The minimum absolute atomic E-state index is 0.00997. The van der Waals surface area contributed by atoms with Gasteiger partial charge < -0.3 is 10.0 Å². The van der Waals surface area contributed by atoms with Gasteiger partial charge in [0.2, 0.25) is 5.91 Å². The number of halogens is 1. The number of carbonyl (C=O) groups excluding carboxylic acids is 2. The van der Waals surface area contributed by atoms with Gasteiger partial charge in [-0.1, -0.05) is 17.7 Å². The lowest BCUT2D eigenvalue weighted by Crippen LogP contribution is -2.49. The standard InChI is InChI=1S/C20H23ClN2O3S/c21-16-5-3-15(4-6-16)17(24)7-8-20(26)23-11-9-22(10-12-23)14-18(25)19-2-1-13-27-19/h1-6,13,18,25H,7-12,14H2. The summed E-state index contributed by atoms with van der Waals surface area (Å²) in [6.45, 7) is 3.31. The number of hydrogen-bond acceptors (Lipinski definition) is 5. The van der Waals surface area contributed by atoms with Crippen molar-refractivity contribution in [2.24, 2.45) is 0 Å². The number of nitrogens with zero attached hydrogens (tertiary/aromatic N) is 2. The molecule has 1 unspecified atom stereocenters. The van der Waals surface area contributed by atoms with Crippen LogP contribution < -0.4 is 0 Å². The number of aliphatic hydroxyl groups is 1. The fourth-order valence-electron chi connectivity index (χ4n) is 3.15. The highest BCUT2D eigenvalue weighted by molar-refractivity contribution is 7.10. The molecule has 7 heteroatoms. The lowest BCUT2D eigenvalue weighted by molar-refractivity contribution is -0.133. The molecule has 0 saturated carbocycles. The molecule has 0 spiro atoms. The molecule has 0 bridgehead atoms. The smallest absolute Gasteiger partial charge is 0.223 e. The van der Waals surface area contributed by atoms with Crippen LogP contribution in [0.1, 0.15) is 34.2 Å². The van der Waals surface area contributed by atoms with Crippen molar-refractivity contribution in [1.82, 2.24) is 9.80 Å². The third-order valence-corrected chi connectivity index (χ3v) is 5.99. The summed E-state index contributed by atoms with van der Waals surface area (Å²) in [4.78, 5) is 29.5. The predicted octanol–water partition coefficient (Wildman–Crippen LogP) is 3.24. The topological polar surface area (TPSA) is 60.9 Å². The van der Waals surface area contributed by atoms with Gasteiger partial charge in [-0.2, -0.15) is 0 Å². The molecule has 27 heavy (non-hydrogen) atoms. The lowest BCUT2D eigenvalue weighted by Gasteiger charge is -2.35. The van der Waals surface area contributed by atoms with Crippen molar-refractivity contribution in [3.05, 3.63) is 57.2 Å². The minimum Gasteiger partial charge on any atom is -0.386 e. The van der Waals surface area contributed by atoms with Crippen LogP contribution in [0.2, 0.25) is 5.02 Å². The Bertz CT molecular complexity index is 756. The molecule has 1 aliphatic heterocycles. The first-order valence-electron chi connectivity index (χ1n) is 9.03. The van der Waals surface area contributed by atoms with E-state index in [9.17, 15) is 14.7 Å². The third kappa shape index (κ3) is 5.62. The Morgan fingerprint density at radius 1 is 1.07 bits per heavy atom. The van der Waals surface area contributed by atoms with E-state index in [0.717, 1.165) is 18.0 Å². The van der Waals surface area contributed by atoms with E-state index in [1.54, 1.807) is 35.6 Å². The summed E-state index contributed by atoms with van der Waals surface area (Å²) in [5.41, 5.74) is 0.583. The Morgan fingerprint density at radius 3 is 2.41 bits per heavy atom. The van der Waals surface area contributed by atoms with Gasteiger partial charge in [0.05, 0.1) is 0 Å². The molecule has 1 aromatic carbocycles. The first-order valence-corrected chi connectivity index (χ1v) is 10.3. The summed E-state index contributed by atoms with van der Waals surface area (Å²) >= 11 is 7.38. The van der Waals surface area contributed by atoms with Crippen molar-refractivity contribution in [1.29, 1.82) is 0 Å². The molecule has 5 nitrogen and oxygen atoms in total. The summed E-state index contributed by atoms with van der Waals surface area (Å²) in [7, 11) is 0. The maximum Gasteiger partial charge on any atom is 0.223 e. The maximum absolute atomic E-state index is 12.4. The molecular weight excluding hydrogens is 384 g/mol. The van der Waals surface area contributed by atoms with E-state index in [1.165, 1.54) is 0 Å². The van der Waals surface area contributed by atoms with Crippen LogP contribution in [0, 0.1) is 0 Å². The molecule has 1 N–H and O–H groups in total. The van der Waals surface area contributed by atoms with Crippen molar-refractivity contribution < 1.29 is 14.7 Å². The van der Waals surface area contributed by atoms with Gasteiger partial charge in [-0.05, 0) is 35.7 Å². The number of thiophene rings is 1. The van der Waals surface area contributed by atoms with E-state index in [1.807, 2.05) is 22.4 Å². The number of hydrogen-bond donors (Lipinski definition) is 1. The van der Waals surface area contributed by atoms with E-state index in [2.05, 4.69) is 4.90 Å². The summed E-state index contributed by atoms with van der Waals surface area (Å²) in [5, 5.41) is 12.8. The van der Waals surface area contributed by atoms with Gasteiger partial charge >= 0.3 is 0 Å². The molecule has 1 saturated heterocycles. The van der Waals surface area contributed by atoms with Gasteiger partial charge in [0.15, 0.2) is 5.78 Å². The van der Waals surface area contributed by atoms with Crippen LogP contribution in [0.25, 0.3) is 0 Å². The number of ketones is 1. The number of amides is 1. The molecule has 2 aromatic rings. The molecular formula is C20H23ClN2O3S. The quantitative estimate of drug-likeness (QED) is 0.717. The van der Waals surface area contributed by atoms with Crippen molar-refractivity contribution in [3.8, 4) is 0 Å². The maximum atomic E-state index is 12.4. The van der Waals surface area contributed by atoms with E-state index in [-0.39, 0.29) is 24.5 Å². The van der Waals surface area contributed by atoms with Crippen molar-refractivity contribution >= 4 is 34.6 Å². The Morgan fingerprint density at radius 2 is 1.78 bits per heavy atom. The Balaban J connectivity index is 1.40. The average molecular weight is 407 g/mol. The molecule has 3 rings (SSSR count). The van der Waals surface area contributed by atoms with Crippen molar-refractivity contribution in [2.45, 2.75) is 18.9 Å². The van der Waals surface area contributed by atoms with Crippen LogP contribution in [0.5, 0.6) is 0 Å². The molecule has 0 aliphatic carbocycles. The number of benzene rings is 1. The first-order chi connectivity index (χ1) is 13.0. The molecule has 1 atom stereocenters. The number of piperazine rings is 1. The molecule has 1 aliphatic rings. The molecule has 1 amide bonds. The molecule has 144 valence electrons. The fourth-order valence-corrected chi connectivity index (χ4v) is 3.98. The second kappa shape index (κ2) is 9.46. The predicted molar refractivity (Wildman–Crippen MR) is 107 cm³/mol. The zero-order valence-electron chi connectivity index (χ0n) is 15.0. The van der Waals surface area contributed by atoms with Gasteiger partial charge in [-0.15, -0.1) is 11.3 Å². The van der Waals surface area contributed by atoms with E-state index >= 15 is 0 Å². The van der Waals surface area contributed by atoms with Gasteiger partial charge in [0.25, 0.3) is 0 Å². The number of aliphatic hydroxyl groups excluding tert-OH is 1. The molecule has 1 fully saturated rings. The van der Waals surface area contributed by atoms with Crippen LogP contribution in [-0.4, -0.2) is 59.3 Å². The van der Waals surface area contributed by atoms with Crippen molar-refractivity contribution in [3.63, 3.8) is 0 Å². The highest BCUT2D eigenvalue weighted by Gasteiger charge is 2.23. The highest BCUT2D eigenvalue weighted by atomic mass is 35.5. The average Bonchev–Trinajstić information content (AvgIpc) is 3.22. The molecule has 1 aromatic heterocycles. The van der Waals surface area contributed by atoms with Gasteiger partial charge in [-0.3, -0.25) is 14.5 Å². The van der Waals surface area contributed by atoms with Gasteiger partial charge in [-0.25, -0.2) is 0 Å². The largest absolute Gasteiger partial charge is 0.386 e. The Hall–Kier alpha value is -1.73. The van der Waals surface area contributed by atoms with E-state index < -0.39 is 6.10 Å². The lowest BCUT2D eigenvalue weighted by atomic mass is 10.1. The molecule has 0 radical (unpaired) electrons. The number of Topliss-reactive ketones (excluding diaryl/α,β-unsaturated/α-hetero) is 1. The summed E-state index contributed by atoms with van der Waals surface area (Å²) < 4.78 is 0. The summed E-state index contributed by atoms with van der Waals surface area (Å²) in [6.07, 6.45) is -0.0545. The third-order valence-electron chi connectivity index (χ3n) is 4.76. The SMILES string of the molecule is O=C(CCC(=O)N1CCN(CC(O)c2cccs2)CC1)c1ccc(Cl)cc1.